The number of H-pyrrole nitrogens is 1. The van der Waals surface area contributed by atoms with Crippen molar-refractivity contribution in [1.82, 2.24) is 25.1 Å². The molecule has 13 heteroatoms. The molecule has 3 N–H and O–H groups in total. The largest absolute Gasteiger partial charge is 0.493 e. The Morgan fingerprint density at radius 1 is 1.02 bits per heavy atom. The maximum Gasteiger partial charge on any atom is 0.259 e. The molecule has 0 bridgehead atoms. The molecule has 8 rings (SSSR count). The molecule has 2 aromatic carbocycles. The van der Waals surface area contributed by atoms with E-state index in [1.54, 1.807) is 23.2 Å². The number of fused-ring (bicyclic) bond motifs is 2. The molecule has 3 saturated heterocycles. The van der Waals surface area contributed by atoms with E-state index in [0.717, 1.165) is 79.6 Å². The summed E-state index contributed by atoms with van der Waals surface area (Å²) in [6, 6.07) is 13.6. The third-order valence-corrected chi connectivity index (χ3v) is 11.1. The van der Waals surface area contributed by atoms with Crippen LogP contribution in [0, 0.1) is 11.7 Å². The van der Waals surface area contributed by atoms with Crippen LogP contribution in [0.15, 0.2) is 54.7 Å². The molecule has 52 heavy (non-hydrogen) atoms. The topological polar surface area (TPSA) is 140 Å². The van der Waals surface area contributed by atoms with Gasteiger partial charge in [0.15, 0.2) is 0 Å². The Bertz CT molecular complexity index is 2060. The van der Waals surface area contributed by atoms with Crippen molar-refractivity contribution in [3.8, 4) is 5.75 Å². The van der Waals surface area contributed by atoms with E-state index in [0.29, 0.717) is 48.7 Å². The Morgan fingerprint density at radius 2 is 1.87 bits per heavy atom. The number of hydrogen-bond donors (Lipinski definition) is 3. The first-order valence-electron chi connectivity index (χ1n) is 18.2. The Hall–Kier alpha value is -5.30. The zero-order valence-corrected chi connectivity index (χ0v) is 29.1. The number of amides is 4. The second-order valence-electron chi connectivity index (χ2n) is 14.4. The van der Waals surface area contributed by atoms with Crippen molar-refractivity contribution in [1.29, 1.82) is 0 Å². The number of hydrogen-bond acceptors (Lipinski definition) is 8. The van der Waals surface area contributed by atoms with Crippen LogP contribution in [-0.4, -0.2) is 82.7 Å². The van der Waals surface area contributed by atoms with Crippen molar-refractivity contribution in [2.24, 2.45) is 5.92 Å². The zero-order chi connectivity index (χ0) is 35.9. The number of ether oxygens (including phenoxy) is 1. The number of nitrogens with one attached hydrogen (secondary N) is 3. The quantitative estimate of drug-likeness (QED) is 0.203. The van der Waals surface area contributed by atoms with E-state index in [4.69, 9.17) is 4.74 Å². The summed E-state index contributed by atoms with van der Waals surface area (Å²) in [7, 11) is 2.12. The number of likely N-dealkylation sites (tertiary alicyclic amines) is 1. The molecule has 4 aliphatic rings. The number of pyridine rings is 1. The van der Waals surface area contributed by atoms with Gasteiger partial charge in [0.05, 0.1) is 17.7 Å². The average Bonchev–Trinajstić information content (AvgIpc) is 3.85. The van der Waals surface area contributed by atoms with Crippen molar-refractivity contribution in [3.63, 3.8) is 0 Å². The zero-order valence-electron chi connectivity index (χ0n) is 29.1. The molecule has 2 atom stereocenters. The minimum Gasteiger partial charge on any atom is -0.493 e. The lowest BCUT2D eigenvalue weighted by Gasteiger charge is -2.35. The molecule has 0 spiro atoms. The van der Waals surface area contributed by atoms with Crippen LogP contribution in [0.3, 0.4) is 0 Å². The standard InChI is InChI=1S/C39H42FN7O5/c1-45-14-3-6-33(45)31-18-24-21-41-35(20-30(24)42-31)43-37(49)27-8-7-25(19-29(27)40)52-17-13-23-11-15-46(16-12-23)32-5-2-4-26-28(32)22-47(39(26)51)34-9-10-36(48)44-38(34)50/h2,4-5,7-8,18-21,23,33-34,42H,3,6,9-17,22H2,1H3,(H,41,43,49)(H,44,48,50)/t33-,34?/m1/s1. The molecule has 12 nitrogen and oxygen atoms in total. The van der Waals surface area contributed by atoms with Crippen LogP contribution in [0.1, 0.15) is 83.0 Å². The van der Waals surface area contributed by atoms with Gasteiger partial charge >= 0.3 is 0 Å². The summed E-state index contributed by atoms with van der Waals surface area (Å²) in [5, 5.41) is 6.05. The molecule has 1 unspecified atom stereocenters. The van der Waals surface area contributed by atoms with E-state index in [2.05, 4.69) is 43.5 Å². The van der Waals surface area contributed by atoms with Crippen molar-refractivity contribution < 1.29 is 28.3 Å². The van der Waals surface area contributed by atoms with Gasteiger partial charge in [-0.25, -0.2) is 9.37 Å². The van der Waals surface area contributed by atoms with E-state index < -0.39 is 23.7 Å². The highest BCUT2D eigenvalue weighted by molar-refractivity contribution is 6.06. The van der Waals surface area contributed by atoms with Crippen LogP contribution >= 0.6 is 0 Å². The fourth-order valence-corrected chi connectivity index (χ4v) is 8.22. The molecule has 4 aliphatic heterocycles. The van der Waals surface area contributed by atoms with E-state index in [1.807, 2.05) is 18.2 Å². The van der Waals surface area contributed by atoms with Gasteiger partial charge in [0.25, 0.3) is 11.8 Å². The Balaban J connectivity index is 0.820. The van der Waals surface area contributed by atoms with Crippen LogP contribution < -0.4 is 20.3 Å². The van der Waals surface area contributed by atoms with E-state index in [1.165, 1.54) is 12.1 Å². The number of nitrogens with zero attached hydrogens (tertiary/aromatic N) is 4. The number of rotatable bonds is 9. The summed E-state index contributed by atoms with van der Waals surface area (Å²) >= 11 is 0. The highest BCUT2D eigenvalue weighted by Gasteiger charge is 2.40. The molecule has 4 aromatic rings. The second-order valence-corrected chi connectivity index (χ2v) is 14.4. The van der Waals surface area contributed by atoms with Crippen LogP contribution in [0.4, 0.5) is 15.9 Å². The van der Waals surface area contributed by atoms with Gasteiger partial charge in [0.1, 0.15) is 23.4 Å². The van der Waals surface area contributed by atoms with Gasteiger partial charge in [-0.2, -0.15) is 0 Å². The smallest absolute Gasteiger partial charge is 0.259 e. The molecular formula is C39H42FN7O5. The van der Waals surface area contributed by atoms with Gasteiger partial charge in [-0.1, -0.05) is 6.07 Å². The first kappa shape index (κ1) is 33.8. The van der Waals surface area contributed by atoms with Crippen molar-refractivity contribution in [3.05, 3.63) is 82.9 Å². The van der Waals surface area contributed by atoms with Gasteiger partial charge in [-0.3, -0.25) is 29.4 Å². The molecular weight excluding hydrogens is 665 g/mol. The Kier molecular flexibility index (Phi) is 9.12. The summed E-state index contributed by atoms with van der Waals surface area (Å²) in [5.41, 5.74) is 4.46. The molecule has 4 amide bonds. The Morgan fingerprint density at radius 3 is 2.63 bits per heavy atom. The number of aromatic amines is 1. The summed E-state index contributed by atoms with van der Waals surface area (Å²) in [5.74, 6) is -0.998. The molecule has 270 valence electrons. The fourth-order valence-electron chi connectivity index (χ4n) is 8.22. The van der Waals surface area contributed by atoms with Crippen LogP contribution in [0.25, 0.3) is 10.9 Å². The minimum absolute atomic E-state index is 0.0873. The van der Waals surface area contributed by atoms with Gasteiger partial charge < -0.3 is 24.8 Å². The van der Waals surface area contributed by atoms with Crippen LogP contribution in [0.5, 0.6) is 5.75 Å². The molecule has 0 radical (unpaired) electrons. The lowest BCUT2D eigenvalue weighted by atomic mass is 9.93. The summed E-state index contributed by atoms with van der Waals surface area (Å²) in [4.78, 5) is 64.4. The van der Waals surface area contributed by atoms with Crippen LogP contribution in [-0.2, 0) is 16.1 Å². The molecule has 3 fully saturated rings. The van der Waals surface area contributed by atoms with Crippen molar-refractivity contribution in [2.75, 3.05) is 43.5 Å². The third kappa shape index (κ3) is 6.60. The molecule has 0 aliphatic carbocycles. The number of imide groups is 1. The number of piperidine rings is 2. The van der Waals surface area contributed by atoms with E-state index in [9.17, 15) is 19.2 Å². The molecule has 6 heterocycles. The Labute approximate surface area is 300 Å². The number of carbonyl (C=O) groups is 4. The van der Waals surface area contributed by atoms with Crippen LogP contribution in [0.2, 0.25) is 0 Å². The van der Waals surface area contributed by atoms with Gasteiger partial charge in [0.2, 0.25) is 11.8 Å². The number of halogens is 1. The van der Waals surface area contributed by atoms with Gasteiger partial charge in [-0.05, 0) is 88.4 Å². The highest BCUT2D eigenvalue weighted by atomic mass is 19.1. The normalized spacial score (nSPS) is 21.2. The maximum atomic E-state index is 15.1. The van der Waals surface area contributed by atoms with Crippen molar-refractivity contribution >= 4 is 46.0 Å². The van der Waals surface area contributed by atoms with Crippen molar-refractivity contribution in [2.45, 2.75) is 63.6 Å². The number of anilines is 2. The first-order chi connectivity index (χ1) is 25.2. The predicted molar refractivity (Wildman–Crippen MR) is 193 cm³/mol. The average molecular weight is 708 g/mol. The summed E-state index contributed by atoms with van der Waals surface area (Å²) in [6.45, 7) is 3.47. The van der Waals surface area contributed by atoms with E-state index in [-0.39, 0.29) is 23.8 Å². The summed E-state index contributed by atoms with van der Waals surface area (Å²) in [6.07, 6.45) is 7.20. The predicted octanol–water partition coefficient (Wildman–Crippen LogP) is 5.17. The monoisotopic (exact) mass is 707 g/mol. The van der Waals surface area contributed by atoms with Gasteiger partial charge in [0, 0.05) is 78.3 Å². The number of aromatic nitrogens is 2. The number of benzene rings is 2. The summed E-state index contributed by atoms with van der Waals surface area (Å²) < 4.78 is 21.0. The maximum absolute atomic E-state index is 15.1. The molecule has 0 saturated carbocycles. The number of carbonyl (C=O) groups excluding carboxylic acids is 4. The lowest BCUT2D eigenvalue weighted by Crippen LogP contribution is -2.52. The minimum atomic E-state index is -0.666. The molecule has 2 aromatic heterocycles. The lowest BCUT2D eigenvalue weighted by molar-refractivity contribution is -0.136. The third-order valence-electron chi connectivity index (χ3n) is 11.1. The SMILES string of the molecule is CN1CCC[C@@H]1c1cc2cnc(NC(=O)c3ccc(OCCC4CCN(c5cccc6c5CN(C5CCC(=O)NC5=O)C6=O)CC4)cc3F)cc2[nH]1. The first-order valence-corrected chi connectivity index (χ1v) is 18.2. The second kappa shape index (κ2) is 14.0. The van der Waals surface area contributed by atoms with E-state index >= 15 is 4.39 Å². The highest BCUT2D eigenvalue weighted by Crippen LogP contribution is 2.36. The fraction of sp³-hybridized carbons (Fsp3) is 0.410. The van der Waals surface area contributed by atoms with Gasteiger partial charge in [-0.15, -0.1) is 0 Å².